The lowest BCUT2D eigenvalue weighted by atomic mass is 9.89. The monoisotopic (exact) mass is 402 g/mol. The van der Waals surface area contributed by atoms with E-state index in [1.807, 2.05) is 0 Å². The van der Waals surface area contributed by atoms with Crippen molar-refractivity contribution in [1.29, 1.82) is 0 Å². The highest BCUT2D eigenvalue weighted by Gasteiger charge is 2.25. The molecule has 1 atom stereocenters. The van der Waals surface area contributed by atoms with Gasteiger partial charge in [0.1, 0.15) is 0 Å². The fourth-order valence-electron chi connectivity index (χ4n) is 4.19. The van der Waals surface area contributed by atoms with Gasteiger partial charge in [0, 0.05) is 32.2 Å². The van der Waals surface area contributed by atoms with Crippen LogP contribution in [-0.2, 0) is 0 Å². The molecule has 0 aliphatic carbocycles. The summed E-state index contributed by atoms with van der Waals surface area (Å²) in [5, 5.41) is 8.97. The Kier molecular flexibility index (Phi) is 8.12. The maximum atomic E-state index is 3.97. The first-order valence-electron chi connectivity index (χ1n) is 9.34. The van der Waals surface area contributed by atoms with Crippen LogP contribution in [0, 0.1) is 0 Å². The minimum absolute atomic E-state index is 0. The molecule has 0 spiro atoms. The van der Waals surface area contributed by atoms with Gasteiger partial charge in [-0.2, -0.15) is 0 Å². The van der Waals surface area contributed by atoms with E-state index in [1.54, 1.807) is 0 Å². The minimum Gasteiger partial charge on any atom is -0.314 e. The third-order valence-corrected chi connectivity index (χ3v) is 5.38. The summed E-state index contributed by atoms with van der Waals surface area (Å²) in [7, 11) is 0. The molecule has 27 heavy (non-hydrogen) atoms. The summed E-state index contributed by atoms with van der Waals surface area (Å²) in [5.41, 5.74) is 1.50. The third-order valence-electron chi connectivity index (χ3n) is 5.38. The molecule has 1 aliphatic rings. The van der Waals surface area contributed by atoms with E-state index in [1.165, 1.54) is 27.1 Å². The zero-order valence-corrected chi connectivity index (χ0v) is 17.2. The number of hydrogen-bond acceptors (Lipinski definition) is 2. The van der Waals surface area contributed by atoms with Crippen LogP contribution in [-0.4, -0.2) is 31.1 Å². The molecule has 0 radical (unpaired) electrons. The highest BCUT2D eigenvalue weighted by Crippen LogP contribution is 2.37. The molecule has 4 rings (SSSR count). The Morgan fingerprint density at radius 2 is 1.48 bits per heavy atom. The smallest absolute Gasteiger partial charge is 0.0364 e. The van der Waals surface area contributed by atoms with Gasteiger partial charge < -0.3 is 5.32 Å². The standard InChI is InChI=1S/C23H26N2.2ClH/c1-2-3-12-22(25-15-13-24-14-16-25)23-20-10-6-4-8-18(20)17-19-9-5-7-11-21(19)23;;/h2,4-11,17,22,24H,1,3,12-16H2;2*1H/t22-;;/m1../s1. The molecule has 0 amide bonds. The molecule has 1 aliphatic heterocycles. The summed E-state index contributed by atoms with van der Waals surface area (Å²) in [6.45, 7) is 8.34. The molecule has 4 heteroatoms. The van der Waals surface area contributed by atoms with Crippen molar-refractivity contribution < 1.29 is 0 Å². The molecule has 1 N–H and O–H groups in total. The van der Waals surface area contributed by atoms with Crippen molar-refractivity contribution in [3.8, 4) is 0 Å². The van der Waals surface area contributed by atoms with E-state index in [9.17, 15) is 0 Å². The molecule has 1 fully saturated rings. The number of halogens is 2. The Bertz CT molecular complexity index is 834. The van der Waals surface area contributed by atoms with Crippen LogP contribution >= 0.6 is 24.8 Å². The first-order chi connectivity index (χ1) is 12.4. The number of rotatable bonds is 5. The predicted molar refractivity (Wildman–Crippen MR) is 123 cm³/mol. The van der Waals surface area contributed by atoms with Gasteiger partial charge >= 0.3 is 0 Å². The molecular formula is C23H28Cl2N2. The molecule has 0 aromatic heterocycles. The van der Waals surface area contributed by atoms with Gasteiger partial charge in [-0.15, -0.1) is 31.4 Å². The van der Waals surface area contributed by atoms with Crippen LogP contribution in [0.25, 0.3) is 21.5 Å². The van der Waals surface area contributed by atoms with Crippen LogP contribution in [0.5, 0.6) is 0 Å². The lowest BCUT2D eigenvalue weighted by Gasteiger charge is -2.36. The minimum atomic E-state index is 0. The SMILES string of the molecule is C=CCC[C@H](c1c2ccccc2cc2ccccc12)N1CCNCC1.Cl.Cl. The summed E-state index contributed by atoms with van der Waals surface area (Å²) < 4.78 is 0. The third kappa shape index (κ3) is 4.47. The normalized spacial score (nSPS) is 15.7. The molecule has 144 valence electrons. The number of hydrogen-bond donors (Lipinski definition) is 1. The highest BCUT2D eigenvalue weighted by molar-refractivity contribution is 6.02. The van der Waals surface area contributed by atoms with E-state index in [0.29, 0.717) is 6.04 Å². The average Bonchev–Trinajstić information content (AvgIpc) is 2.68. The van der Waals surface area contributed by atoms with Crippen LogP contribution in [0.2, 0.25) is 0 Å². The van der Waals surface area contributed by atoms with Crippen molar-refractivity contribution in [2.75, 3.05) is 26.2 Å². The maximum Gasteiger partial charge on any atom is 0.0364 e. The van der Waals surface area contributed by atoms with Crippen molar-refractivity contribution in [2.24, 2.45) is 0 Å². The van der Waals surface area contributed by atoms with Crippen LogP contribution < -0.4 is 5.32 Å². The largest absolute Gasteiger partial charge is 0.314 e. The number of benzene rings is 3. The van der Waals surface area contributed by atoms with Gasteiger partial charge in [-0.1, -0.05) is 54.6 Å². The van der Waals surface area contributed by atoms with Crippen LogP contribution in [0.4, 0.5) is 0 Å². The van der Waals surface area contributed by atoms with E-state index >= 15 is 0 Å². The Morgan fingerprint density at radius 3 is 2.04 bits per heavy atom. The quantitative estimate of drug-likeness (QED) is 0.431. The molecule has 1 heterocycles. The molecule has 0 bridgehead atoms. The summed E-state index contributed by atoms with van der Waals surface area (Å²) in [5.74, 6) is 0. The number of fused-ring (bicyclic) bond motifs is 2. The Hall–Kier alpha value is -1.58. The number of nitrogens with zero attached hydrogens (tertiary/aromatic N) is 1. The second-order valence-electron chi connectivity index (χ2n) is 6.90. The predicted octanol–water partition coefficient (Wildman–Crippen LogP) is 5.75. The maximum absolute atomic E-state index is 3.97. The van der Waals surface area contributed by atoms with Gasteiger partial charge in [0.25, 0.3) is 0 Å². The first-order valence-corrected chi connectivity index (χ1v) is 9.34. The highest BCUT2D eigenvalue weighted by atomic mass is 35.5. The molecule has 3 aromatic rings. The fourth-order valence-corrected chi connectivity index (χ4v) is 4.19. The summed E-state index contributed by atoms with van der Waals surface area (Å²) in [6.07, 6.45) is 4.23. The Morgan fingerprint density at radius 1 is 0.926 bits per heavy atom. The van der Waals surface area contributed by atoms with Crippen molar-refractivity contribution in [3.05, 3.63) is 72.8 Å². The average molecular weight is 403 g/mol. The number of nitrogens with one attached hydrogen (secondary N) is 1. The van der Waals surface area contributed by atoms with E-state index in [0.717, 1.165) is 39.0 Å². The van der Waals surface area contributed by atoms with Gasteiger partial charge in [-0.3, -0.25) is 4.90 Å². The summed E-state index contributed by atoms with van der Waals surface area (Å²) in [6, 6.07) is 20.5. The zero-order chi connectivity index (χ0) is 17.1. The van der Waals surface area contributed by atoms with Crippen LogP contribution in [0.15, 0.2) is 67.3 Å². The van der Waals surface area contributed by atoms with Crippen molar-refractivity contribution in [3.63, 3.8) is 0 Å². The van der Waals surface area contributed by atoms with Crippen LogP contribution in [0.1, 0.15) is 24.4 Å². The topological polar surface area (TPSA) is 15.3 Å². The van der Waals surface area contributed by atoms with E-state index in [2.05, 4.69) is 77.5 Å². The number of allylic oxidation sites excluding steroid dienone is 1. The van der Waals surface area contributed by atoms with Gasteiger partial charge in [-0.05, 0) is 46.0 Å². The van der Waals surface area contributed by atoms with Crippen molar-refractivity contribution in [1.82, 2.24) is 10.2 Å². The van der Waals surface area contributed by atoms with Gasteiger partial charge in [0.05, 0.1) is 0 Å². The lowest BCUT2D eigenvalue weighted by Crippen LogP contribution is -2.45. The van der Waals surface area contributed by atoms with Crippen molar-refractivity contribution >= 4 is 46.4 Å². The first kappa shape index (κ1) is 21.7. The van der Waals surface area contributed by atoms with Crippen molar-refractivity contribution in [2.45, 2.75) is 18.9 Å². The summed E-state index contributed by atoms with van der Waals surface area (Å²) >= 11 is 0. The van der Waals surface area contributed by atoms with Gasteiger partial charge in [-0.25, -0.2) is 0 Å². The Balaban J connectivity index is 0.00000131. The van der Waals surface area contributed by atoms with Gasteiger partial charge in [0.2, 0.25) is 0 Å². The summed E-state index contributed by atoms with van der Waals surface area (Å²) in [4.78, 5) is 2.66. The zero-order valence-electron chi connectivity index (χ0n) is 15.6. The second-order valence-corrected chi connectivity index (χ2v) is 6.90. The lowest BCUT2D eigenvalue weighted by molar-refractivity contribution is 0.168. The molecule has 1 saturated heterocycles. The fraction of sp³-hybridized carbons (Fsp3) is 0.304. The molecule has 0 saturated carbocycles. The molecular weight excluding hydrogens is 375 g/mol. The number of piperazine rings is 1. The van der Waals surface area contributed by atoms with Crippen LogP contribution in [0.3, 0.4) is 0 Å². The molecule has 3 aromatic carbocycles. The van der Waals surface area contributed by atoms with Gasteiger partial charge in [0.15, 0.2) is 0 Å². The second kappa shape index (κ2) is 10.1. The molecule has 0 unspecified atom stereocenters. The van der Waals surface area contributed by atoms with E-state index in [-0.39, 0.29) is 24.8 Å². The molecule has 2 nitrogen and oxygen atoms in total. The van der Waals surface area contributed by atoms with E-state index in [4.69, 9.17) is 0 Å². The van der Waals surface area contributed by atoms with E-state index < -0.39 is 0 Å². The Labute approximate surface area is 174 Å².